The number of benzene rings is 1. The van der Waals surface area contributed by atoms with E-state index in [1.807, 2.05) is 42.0 Å². The van der Waals surface area contributed by atoms with Crippen molar-refractivity contribution in [1.82, 2.24) is 39.7 Å². The highest BCUT2D eigenvalue weighted by molar-refractivity contribution is 5.96. The number of pyridine rings is 2. The van der Waals surface area contributed by atoms with Gasteiger partial charge in [0.25, 0.3) is 0 Å². The lowest BCUT2D eigenvalue weighted by Gasteiger charge is -2.03. The van der Waals surface area contributed by atoms with Crippen LogP contribution in [-0.4, -0.2) is 39.7 Å². The third-order valence-corrected chi connectivity index (χ3v) is 5.22. The van der Waals surface area contributed by atoms with Crippen LogP contribution in [0.2, 0.25) is 0 Å². The Morgan fingerprint density at radius 2 is 1.94 bits per heavy atom. The van der Waals surface area contributed by atoms with Crippen LogP contribution in [0.3, 0.4) is 0 Å². The molecule has 0 aliphatic heterocycles. The van der Waals surface area contributed by atoms with Gasteiger partial charge in [-0.3, -0.25) is 14.6 Å². The molecule has 9 heteroatoms. The summed E-state index contributed by atoms with van der Waals surface area (Å²) in [6.45, 7) is 1.94. The molecule has 9 nitrogen and oxygen atoms in total. The molecule has 0 aliphatic carbocycles. The fraction of sp³-hybridized carbons (Fsp3) is 0.0455. The molecule has 5 aromatic heterocycles. The van der Waals surface area contributed by atoms with Crippen LogP contribution < -0.4 is 5.73 Å². The zero-order valence-electron chi connectivity index (χ0n) is 16.5. The van der Waals surface area contributed by atoms with E-state index in [1.165, 1.54) is 0 Å². The van der Waals surface area contributed by atoms with E-state index >= 15 is 0 Å². The van der Waals surface area contributed by atoms with Crippen molar-refractivity contribution in [1.29, 1.82) is 0 Å². The highest BCUT2D eigenvalue weighted by atomic mass is 15.2. The number of aromatic amines is 2. The van der Waals surface area contributed by atoms with Crippen molar-refractivity contribution < 1.29 is 0 Å². The van der Waals surface area contributed by atoms with E-state index in [1.54, 1.807) is 24.9 Å². The molecule has 0 radical (unpaired) electrons. The first-order valence-corrected chi connectivity index (χ1v) is 9.71. The minimum atomic E-state index is 0.622. The van der Waals surface area contributed by atoms with Gasteiger partial charge in [-0.25, -0.2) is 15.0 Å². The number of nitrogens with one attached hydrogen (secondary N) is 2. The Morgan fingerprint density at radius 1 is 1.00 bits per heavy atom. The lowest BCUT2D eigenvalue weighted by atomic mass is 10.0. The zero-order chi connectivity index (χ0) is 20.9. The van der Waals surface area contributed by atoms with E-state index < -0.39 is 0 Å². The Bertz CT molecular complexity index is 1570. The second kappa shape index (κ2) is 6.49. The van der Waals surface area contributed by atoms with E-state index in [0.29, 0.717) is 17.3 Å². The van der Waals surface area contributed by atoms with Crippen molar-refractivity contribution in [2.45, 2.75) is 6.92 Å². The molecule has 0 atom stereocenters. The number of imidazole rings is 2. The van der Waals surface area contributed by atoms with Crippen LogP contribution in [0.25, 0.3) is 50.4 Å². The van der Waals surface area contributed by atoms with E-state index in [2.05, 4.69) is 36.2 Å². The largest absolute Gasteiger partial charge is 0.397 e. The summed E-state index contributed by atoms with van der Waals surface area (Å²) in [5, 5.41) is 8.56. The third kappa shape index (κ3) is 2.83. The normalized spacial score (nSPS) is 11.5. The van der Waals surface area contributed by atoms with Gasteiger partial charge in [0.05, 0.1) is 22.4 Å². The standard InChI is InChI=1S/C22H17N9/c1-12-10-31(11-26-12)22-20-18(4-5-25-22)27-21(28-20)19-16-7-13(2-3-17(16)29-30-19)14-6-15(23)9-24-8-14/h2-11H,23H2,1H3,(H,27,28)(H,29,30). The average molecular weight is 407 g/mol. The Morgan fingerprint density at radius 3 is 2.77 bits per heavy atom. The maximum absolute atomic E-state index is 5.91. The second-order valence-corrected chi connectivity index (χ2v) is 7.38. The highest BCUT2D eigenvalue weighted by Crippen LogP contribution is 2.31. The van der Waals surface area contributed by atoms with Crippen LogP contribution in [0.5, 0.6) is 0 Å². The predicted octanol–water partition coefficient (Wildman–Crippen LogP) is 3.64. The van der Waals surface area contributed by atoms with E-state index in [-0.39, 0.29) is 0 Å². The Balaban J connectivity index is 1.51. The molecule has 6 aromatic rings. The molecule has 0 spiro atoms. The minimum absolute atomic E-state index is 0.622. The van der Waals surface area contributed by atoms with Crippen LogP contribution in [0.15, 0.2) is 61.4 Å². The summed E-state index contributed by atoms with van der Waals surface area (Å²) in [6.07, 6.45) is 8.84. The number of fused-ring (bicyclic) bond motifs is 2. The molecular weight excluding hydrogens is 390 g/mol. The Labute approximate surface area is 176 Å². The quantitative estimate of drug-likeness (QED) is 0.411. The van der Waals surface area contributed by atoms with Gasteiger partial charge in [-0.15, -0.1) is 0 Å². The summed E-state index contributed by atoms with van der Waals surface area (Å²) in [5.74, 6) is 1.38. The van der Waals surface area contributed by atoms with E-state index in [4.69, 9.17) is 10.7 Å². The van der Waals surface area contributed by atoms with Gasteiger partial charge in [-0.2, -0.15) is 5.10 Å². The first-order valence-electron chi connectivity index (χ1n) is 9.71. The first kappa shape index (κ1) is 17.3. The maximum atomic E-state index is 5.91. The van der Waals surface area contributed by atoms with Gasteiger partial charge in [-0.1, -0.05) is 6.07 Å². The fourth-order valence-corrected chi connectivity index (χ4v) is 3.75. The zero-order valence-corrected chi connectivity index (χ0v) is 16.5. The lowest BCUT2D eigenvalue weighted by Crippen LogP contribution is -1.95. The van der Waals surface area contributed by atoms with Gasteiger partial charge in [0.15, 0.2) is 11.6 Å². The molecule has 0 saturated heterocycles. The molecule has 6 rings (SSSR count). The average Bonchev–Trinajstić information content (AvgIpc) is 3.50. The number of aromatic nitrogens is 8. The molecule has 0 saturated carbocycles. The third-order valence-electron chi connectivity index (χ3n) is 5.22. The van der Waals surface area contributed by atoms with Crippen molar-refractivity contribution in [3.05, 3.63) is 67.1 Å². The Hall–Kier alpha value is -4.53. The molecule has 31 heavy (non-hydrogen) atoms. The van der Waals surface area contributed by atoms with Crippen LogP contribution in [-0.2, 0) is 0 Å². The minimum Gasteiger partial charge on any atom is -0.397 e. The summed E-state index contributed by atoms with van der Waals surface area (Å²) < 4.78 is 1.87. The number of rotatable bonds is 3. The number of hydrogen-bond acceptors (Lipinski definition) is 6. The van der Waals surface area contributed by atoms with Crippen LogP contribution in [0.1, 0.15) is 5.69 Å². The van der Waals surface area contributed by atoms with Gasteiger partial charge in [0, 0.05) is 35.7 Å². The molecule has 0 bridgehead atoms. The van der Waals surface area contributed by atoms with E-state index in [0.717, 1.165) is 44.5 Å². The van der Waals surface area contributed by atoms with Gasteiger partial charge < -0.3 is 10.7 Å². The Kier molecular flexibility index (Phi) is 3.63. The molecule has 4 N–H and O–H groups in total. The van der Waals surface area contributed by atoms with Crippen LogP contribution >= 0.6 is 0 Å². The van der Waals surface area contributed by atoms with Crippen LogP contribution in [0, 0.1) is 6.92 Å². The number of aryl methyl sites for hydroxylation is 1. The maximum Gasteiger partial charge on any atom is 0.166 e. The molecule has 150 valence electrons. The monoisotopic (exact) mass is 407 g/mol. The number of nitrogens with zero attached hydrogens (tertiary/aromatic N) is 6. The summed E-state index contributed by atoms with van der Waals surface area (Å²) in [4.78, 5) is 21.2. The summed E-state index contributed by atoms with van der Waals surface area (Å²) >= 11 is 0. The molecule has 0 aliphatic rings. The predicted molar refractivity (Wildman–Crippen MR) is 118 cm³/mol. The number of anilines is 1. The van der Waals surface area contributed by atoms with Crippen molar-refractivity contribution in [2.24, 2.45) is 0 Å². The fourth-order valence-electron chi connectivity index (χ4n) is 3.75. The van der Waals surface area contributed by atoms with Crippen molar-refractivity contribution >= 4 is 27.6 Å². The topological polar surface area (TPSA) is 127 Å². The number of H-pyrrole nitrogens is 2. The molecule has 5 heterocycles. The molecule has 0 unspecified atom stereocenters. The second-order valence-electron chi connectivity index (χ2n) is 7.38. The van der Waals surface area contributed by atoms with Gasteiger partial charge in [-0.05, 0) is 36.8 Å². The summed E-state index contributed by atoms with van der Waals surface area (Å²) in [7, 11) is 0. The van der Waals surface area contributed by atoms with Gasteiger partial charge in [0.1, 0.15) is 17.5 Å². The molecule has 0 fully saturated rings. The summed E-state index contributed by atoms with van der Waals surface area (Å²) in [5.41, 5.74) is 12.7. The number of nitrogens with two attached hydrogens (primary N) is 1. The summed E-state index contributed by atoms with van der Waals surface area (Å²) in [6, 6.07) is 9.88. The lowest BCUT2D eigenvalue weighted by molar-refractivity contribution is 1.00. The molecular formula is C22H17N9. The SMILES string of the molecule is Cc1cn(-c2nccc3[nH]c(-c4n[nH]c5ccc(-c6cncc(N)c6)cc45)nc23)cn1. The van der Waals surface area contributed by atoms with Gasteiger partial charge >= 0.3 is 0 Å². The molecule has 0 amide bonds. The van der Waals surface area contributed by atoms with Crippen molar-refractivity contribution in [3.8, 4) is 28.5 Å². The number of nitrogen functional groups attached to an aromatic ring is 1. The smallest absolute Gasteiger partial charge is 0.166 e. The van der Waals surface area contributed by atoms with Crippen LogP contribution in [0.4, 0.5) is 5.69 Å². The van der Waals surface area contributed by atoms with Crippen molar-refractivity contribution in [2.75, 3.05) is 5.73 Å². The van der Waals surface area contributed by atoms with Gasteiger partial charge in [0.2, 0.25) is 0 Å². The first-order chi connectivity index (χ1) is 15.2. The highest BCUT2D eigenvalue weighted by Gasteiger charge is 2.16. The number of hydrogen-bond donors (Lipinski definition) is 3. The van der Waals surface area contributed by atoms with E-state index in [9.17, 15) is 0 Å². The molecule has 1 aromatic carbocycles. The van der Waals surface area contributed by atoms with Crippen molar-refractivity contribution in [3.63, 3.8) is 0 Å².